The number of anilines is 2. The Balaban J connectivity index is 1.65. The van der Waals surface area contributed by atoms with Crippen LogP contribution in [-0.2, 0) is 11.3 Å². The number of nitrogens with zero attached hydrogens (tertiary/aromatic N) is 1. The SMILES string of the molecule is COc1cc(CNc2cccc([N+](=O)[O-])c2)cc(Br)c1OCC(=O)Nc1cccc(C)c1. The minimum absolute atomic E-state index is 0.0152. The van der Waals surface area contributed by atoms with Crippen molar-refractivity contribution in [3.05, 3.63) is 86.4 Å². The molecule has 166 valence electrons. The number of nitro groups is 1. The van der Waals surface area contributed by atoms with E-state index in [9.17, 15) is 14.9 Å². The van der Waals surface area contributed by atoms with Gasteiger partial charge in [-0.2, -0.15) is 0 Å². The van der Waals surface area contributed by atoms with Gasteiger partial charge in [0, 0.05) is 30.1 Å². The number of rotatable bonds is 9. The fraction of sp³-hybridized carbons (Fsp3) is 0.174. The van der Waals surface area contributed by atoms with Crippen molar-refractivity contribution in [3.8, 4) is 11.5 Å². The highest BCUT2D eigenvalue weighted by atomic mass is 79.9. The number of nitrogens with one attached hydrogen (secondary N) is 2. The molecule has 0 radical (unpaired) electrons. The predicted octanol–water partition coefficient (Wildman–Crippen LogP) is 5.30. The van der Waals surface area contributed by atoms with Gasteiger partial charge in [-0.15, -0.1) is 0 Å². The molecule has 0 fully saturated rings. The molecule has 3 aromatic carbocycles. The van der Waals surface area contributed by atoms with Gasteiger partial charge in [0.1, 0.15) is 0 Å². The van der Waals surface area contributed by atoms with Crippen LogP contribution < -0.4 is 20.1 Å². The summed E-state index contributed by atoms with van der Waals surface area (Å²) < 4.78 is 11.8. The summed E-state index contributed by atoms with van der Waals surface area (Å²) in [4.78, 5) is 22.8. The number of amides is 1. The third-order valence-corrected chi connectivity index (χ3v) is 5.08. The van der Waals surface area contributed by atoms with Crippen molar-refractivity contribution in [3.63, 3.8) is 0 Å². The molecule has 0 bridgehead atoms. The Morgan fingerprint density at radius 1 is 1.09 bits per heavy atom. The van der Waals surface area contributed by atoms with Crippen molar-refractivity contribution in [2.75, 3.05) is 24.4 Å². The zero-order valence-corrected chi connectivity index (χ0v) is 19.1. The van der Waals surface area contributed by atoms with Crippen molar-refractivity contribution in [2.24, 2.45) is 0 Å². The van der Waals surface area contributed by atoms with Crippen LogP contribution in [0.5, 0.6) is 11.5 Å². The molecule has 0 aliphatic rings. The van der Waals surface area contributed by atoms with E-state index in [0.29, 0.717) is 33.9 Å². The molecule has 0 atom stereocenters. The molecule has 9 heteroatoms. The monoisotopic (exact) mass is 499 g/mol. The second-order valence-electron chi connectivity index (χ2n) is 6.98. The summed E-state index contributed by atoms with van der Waals surface area (Å²) in [5.74, 6) is 0.575. The first-order valence-corrected chi connectivity index (χ1v) is 10.5. The minimum atomic E-state index is -0.438. The van der Waals surface area contributed by atoms with Crippen molar-refractivity contribution in [2.45, 2.75) is 13.5 Å². The topological polar surface area (TPSA) is 103 Å². The van der Waals surface area contributed by atoms with Crippen molar-refractivity contribution >= 4 is 38.9 Å². The molecule has 0 unspecified atom stereocenters. The summed E-state index contributed by atoms with van der Waals surface area (Å²) in [6.45, 7) is 2.17. The van der Waals surface area contributed by atoms with Crippen LogP contribution >= 0.6 is 15.9 Å². The van der Waals surface area contributed by atoms with Crippen LogP contribution in [0, 0.1) is 17.0 Å². The Hall–Kier alpha value is -3.59. The van der Waals surface area contributed by atoms with Gasteiger partial charge in [-0.1, -0.05) is 18.2 Å². The molecule has 0 aliphatic heterocycles. The molecule has 0 heterocycles. The highest BCUT2D eigenvalue weighted by Crippen LogP contribution is 2.37. The maximum atomic E-state index is 12.3. The van der Waals surface area contributed by atoms with Gasteiger partial charge in [-0.3, -0.25) is 14.9 Å². The average molecular weight is 500 g/mol. The molecule has 0 spiro atoms. The molecule has 3 rings (SSSR count). The van der Waals surface area contributed by atoms with Crippen molar-refractivity contribution in [1.82, 2.24) is 0 Å². The van der Waals surface area contributed by atoms with Crippen molar-refractivity contribution in [1.29, 1.82) is 0 Å². The Bertz CT molecular complexity index is 1140. The molecule has 0 saturated heterocycles. The van der Waals surface area contributed by atoms with Crippen LogP contribution in [0.1, 0.15) is 11.1 Å². The number of ether oxygens (including phenoxy) is 2. The maximum absolute atomic E-state index is 12.3. The fourth-order valence-corrected chi connectivity index (χ4v) is 3.61. The standard InChI is InChI=1S/C23H22BrN3O5/c1-15-5-3-7-18(9-15)26-22(28)14-32-23-20(24)10-16(11-21(23)31-2)13-25-17-6-4-8-19(12-17)27(29)30/h3-12,25H,13-14H2,1-2H3,(H,26,28). The second-order valence-corrected chi connectivity index (χ2v) is 7.83. The van der Waals surface area contributed by atoms with E-state index in [-0.39, 0.29) is 18.2 Å². The van der Waals surface area contributed by atoms with Crippen LogP contribution in [0.4, 0.5) is 17.1 Å². The van der Waals surface area contributed by atoms with E-state index < -0.39 is 4.92 Å². The Morgan fingerprint density at radius 2 is 1.84 bits per heavy atom. The number of methoxy groups -OCH3 is 1. The van der Waals surface area contributed by atoms with E-state index in [1.165, 1.54) is 19.2 Å². The predicted molar refractivity (Wildman–Crippen MR) is 126 cm³/mol. The van der Waals surface area contributed by atoms with Gasteiger partial charge in [0.05, 0.1) is 16.5 Å². The molecular weight excluding hydrogens is 478 g/mol. The van der Waals surface area contributed by atoms with E-state index in [4.69, 9.17) is 9.47 Å². The van der Waals surface area contributed by atoms with Crippen LogP contribution in [0.3, 0.4) is 0 Å². The third-order valence-electron chi connectivity index (χ3n) is 4.49. The molecule has 0 aromatic heterocycles. The lowest BCUT2D eigenvalue weighted by Crippen LogP contribution is -2.20. The first-order valence-electron chi connectivity index (χ1n) is 9.70. The van der Waals surface area contributed by atoms with E-state index in [2.05, 4.69) is 26.6 Å². The summed E-state index contributed by atoms with van der Waals surface area (Å²) in [5, 5.41) is 16.9. The highest BCUT2D eigenvalue weighted by Gasteiger charge is 2.14. The Kier molecular flexibility index (Phi) is 7.67. The highest BCUT2D eigenvalue weighted by molar-refractivity contribution is 9.10. The van der Waals surface area contributed by atoms with Gasteiger partial charge in [0.15, 0.2) is 18.1 Å². The van der Waals surface area contributed by atoms with E-state index in [0.717, 1.165) is 11.1 Å². The number of benzene rings is 3. The Morgan fingerprint density at radius 3 is 2.56 bits per heavy atom. The van der Waals surface area contributed by atoms with Gasteiger partial charge in [-0.25, -0.2) is 0 Å². The quantitative estimate of drug-likeness (QED) is 0.305. The normalized spacial score (nSPS) is 10.3. The van der Waals surface area contributed by atoms with Crippen LogP contribution in [0.2, 0.25) is 0 Å². The lowest BCUT2D eigenvalue weighted by Gasteiger charge is -2.15. The van der Waals surface area contributed by atoms with Crippen LogP contribution in [-0.4, -0.2) is 24.5 Å². The average Bonchev–Trinajstić information content (AvgIpc) is 2.76. The minimum Gasteiger partial charge on any atom is -0.493 e. The van der Waals surface area contributed by atoms with Gasteiger partial charge in [0.25, 0.3) is 11.6 Å². The van der Waals surface area contributed by atoms with Crippen LogP contribution in [0.25, 0.3) is 0 Å². The smallest absolute Gasteiger partial charge is 0.271 e. The van der Waals surface area contributed by atoms with Crippen molar-refractivity contribution < 1.29 is 19.2 Å². The number of carbonyl (C=O) groups is 1. The molecule has 1 amide bonds. The number of carbonyl (C=O) groups excluding carboxylic acids is 1. The number of nitro benzene ring substituents is 1. The first kappa shape index (κ1) is 23.1. The lowest BCUT2D eigenvalue weighted by molar-refractivity contribution is -0.384. The number of aryl methyl sites for hydroxylation is 1. The van der Waals surface area contributed by atoms with Gasteiger partial charge in [-0.05, 0) is 64.3 Å². The first-order chi connectivity index (χ1) is 15.4. The van der Waals surface area contributed by atoms with Crippen LogP contribution in [0.15, 0.2) is 65.1 Å². The molecular formula is C23H22BrN3O5. The molecule has 0 aliphatic carbocycles. The molecule has 3 aromatic rings. The summed E-state index contributed by atoms with van der Waals surface area (Å²) in [7, 11) is 1.51. The molecule has 32 heavy (non-hydrogen) atoms. The van der Waals surface area contributed by atoms with Gasteiger partial charge < -0.3 is 20.1 Å². The second kappa shape index (κ2) is 10.6. The number of hydrogen-bond acceptors (Lipinski definition) is 6. The molecule has 2 N–H and O–H groups in total. The van der Waals surface area contributed by atoms with E-state index in [1.807, 2.05) is 37.3 Å². The zero-order valence-electron chi connectivity index (χ0n) is 17.6. The number of non-ortho nitro benzene ring substituents is 1. The third kappa shape index (κ3) is 6.21. The van der Waals surface area contributed by atoms with E-state index >= 15 is 0 Å². The van der Waals surface area contributed by atoms with Gasteiger partial charge in [0.2, 0.25) is 0 Å². The fourth-order valence-electron chi connectivity index (χ4n) is 3.01. The summed E-state index contributed by atoms with van der Waals surface area (Å²) in [5.41, 5.74) is 3.25. The Labute approximate surface area is 193 Å². The largest absolute Gasteiger partial charge is 0.493 e. The lowest BCUT2D eigenvalue weighted by atomic mass is 10.2. The summed E-state index contributed by atoms with van der Waals surface area (Å²) >= 11 is 3.47. The van der Waals surface area contributed by atoms with Gasteiger partial charge >= 0.3 is 0 Å². The van der Waals surface area contributed by atoms with E-state index in [1.54, 1.807) is 18.2 Å². The molecule has 0 saturated carbocycles. The zero-order chi connectivity index (χ0) is 23.1. The molecule has 8 nitrogen and oxygen atoms in total. The summed E-state index contributed by atoms with van der Waals surface area (Å²) in [6, 6.07) is 17.4. The number of halogens is 1. The summed E-state index contributed by atoms with van der Waals surface area (Å²) in [6.07, 6.45) is 0. The number of hydrogen-bond donors (Lipinski definition) is 2. The maximum Gasteiger partial charge on any atom is 0.271 e.